The smallest absolute Gasteiger partial charge is 0.0366 e. The van der Waals surface area contributed by atoms with Crippen molar-refractivity contribution in [3.05, 3.63) is 146 Å². The number of benzene rings is 7. The maximum absolute atomic E-state index is 2.44. The van der Waals surface area contributed by atoms with Crippen molar-refractivity contribution >= 4 is 62.4 Å². The highest BCUT2D eigenvalue weighted by Crippen LogP contribution is 2.46. The fourth-order valence-corrected chi connectivity index (χ4v) is 10.6. The molecule has 0 aromatic heterocycles. The average molecular weight is 728 g/mol. The summed E-state index contributed by atoms with van der Waals surface area (Å²) in [6, 6.07) is 55.6. The van der Waals surface area contributed by atoms with E-state index in [1.165, 1.54) is 76.8 Å². The van der Waals surface area contributed by atoms with Crippen LogP contribution in [0.5, 0.6) is 0 Å². The highest BCUT2D eigenvalue weighted by atomic mass is 31.1. The van der Waals surface area contributed by atoms with Crippen LogP contribution >= 0.6 is 7.92 Å². The van der Waals surface area contributed by atoms with E-state index in [1.54, 1.807) is 0 Å². The summed E-state index contributed by atoms with van der Waals surface area (Å²) in [4.78, 5) is 7.28. The number of rotatable bonds is 14. The van der Waals surface area contributed by atoms with E-state index in [0.29, 0.717) is 0 Å². The molecule has 274 valence electrons. The number of nitrogens with zero attached hydrogens (tertiary/aromatic N) is 3. The lowest BCUT2D eigenvalue weighted by Gasteiger charge is -2.28. The first-order valence-electron chi connectivity index (χ1n) is 19.9. The molecule has 0 radical (unpaired) electrons. The van der Waals surface area contributed by atoms with Gasteiger partial charge in [0.1, 0.15) is 0 Å². The molecule has 0 aliphatic carbocycles. The van der Waals surface area contributed by atoms with Gasteiger partial charge in [0.15, 0.2) is 0 Å². The van der Waals surface area contributed by atoms with Crippen molar-refractivity contribution in [1.82, 2.24) is 0 Å². The third-order valence-electron chi connectivity index (χ3n) is 11.1. The Morgan fingerprint density at radius 1 is 0.370 bits per heavy atom. The zero-order valence-electron chi connectivity index (χ0n) is 32.9. The largest absolute Gasteiger partial charge is 0.372 e. The van der Waals surface area contributed by atoms with Crippen molar-refractivity contribution in [3.8, 4) is 22.3 Å². The van der Waals surface area contributed by atoms with Crippen molar-refractivity contribution in [2.75, 3.05) is 54.0 Å². The van der Waals surface area contributed by atoms with Crippen molar-refractivity contribution < 1.29 is 0 Å². The molecule has 0 aliphatic heterocycles. The Morgan fingerprint density at radius 3 is 1.20 bits per heavy atom. The molecule has 0 aliphatic rings. The lowest BCUT2D eigenvalue weighted by Crippen LogP contribution is -2.25. The number of anilines is 3. The number of hydrogen-bond donors (Lipinski definition) is 0. The molecule has 4 heteroatoms. The maximum atomic E-state index is 2.44. The molecule has 0 amide bonds. The van der Waals surface area contributed by atoms with Gasteiger partial charge in [-0.3, -0.25) is 0 Å². The van der Waals surface area contributed by atoms with Crippen LogP contribution in [0.3, 0.4) is 0 Å². The van der Waals surface area contributed by atoms with Crippen molar-refractivity contribution in [2.24, 2.45) is 0 Å². The molecule has 7 aromatic rings. The molecule has 0 saturated heterocycles. The summed E-state index contributed by atoms with van der Waals surface area (Å²) in [6.45, 7) is 19.4. The zero-order valence-corrected chi connectivity index (χ0v) is 33.8. The first kappa shape index (κ1) is 37.2. The SMILES string of the molecule is CCN(CC)c1ccc(-c2ccc3ccccc3c2-c2c(P(c3ccc(N(CC)CC)cc3)c3ccc(N(CC)CC)cc3)ccc3ccccc23)cc1. The molecule has 0 heterocycles. The minimum atomic E-state index is -0.943. The molecule has 0 unspecified atom stereocenters. The molecular weight excluding hydrogens is 674 g/mol. The number of fused-ring (bicyclic) bond motifs is 2. The molecule has 7 aromatic carbocycles. The van der Waals surface area contributed by atoms with E-state index in [9.17, 15) is 0 Å². The topological polar surface area (TPSA) is 9.72 Å². The summed E-state index contributed by atoms with van der Waals surface area (Å²) < 4.78 is 0. The van der Waals surface area contributed by atoms with Gasteiger partial charge >= 0.3 is 0 Å². The van der Waals surface area contributed by atoms with E-state index in [4.69, 9.17) is 0 Å². The summed E-state index contributed by atoms with van der Waals surface area (Å²) in [5.41, 5.74) is 8.96. The third kappa shape index (κ3) is 7.23. The van der Waals surface area contributed by atoms with Crippen LogP contribution in [0.4, 0.5) is 17.1 Å². The minimum Gasteiger partial charge on any atom is -0.372 e. The van der Waals surface area contributed by atoms with E-state index in [1.807, 2.05) is 0 Å². The fraction of sp³-hybridized carbons (Fsp3) is 0.240. The van der Waals surface area contributed by atoms with E-state index < -0.39 is 7.92 Å². The summed E-state index contributed by atoms with van der Waals surface area (Å²) >= 11 is 0. The Labute approximate surface area is 324 Å². The molecule has 0 N–H and O–H groups in total. The second kappa shape index (κ2) is 16.9. The van der Waals surface area contributed by atoms with Crippen molar-refractivity contribution in [2.45, 2.75) is 41.5 Å². The van der Waals surface area contributed by atoms with Crippen molar-refractivity contribution in [3.63, 3.8) is 0 Å². The van der Waals surface area contributed by atoms with Gasteiger partial charge in [-0.2, -0.15) is 0 Å². The van der Waals surface area contributed by atoms with E-state index in [-0.39, 0.29) is 0 Å². The molecule has 0 fully saturated rings. The number of hydrogen-bond acceptors (Lipinski definition) is 3. The highest BCUT2D eigenvalue weighted by Gasteiger charge is 2.26. The summed E-state index contributed by atoms with van der Waals surface area (Å²) in [5, 5.41) is 9.19. The van der Waals surface area contributed by atoms with Crippen LogP contribution < -0.4 is 30.6 Å². The van der Waals surface area contributed by atoms with Crippen LogP contribution in [0.2, 0.25) is 0 Å². The monoisotopic (exact) mass is 727 g/mol. The molecular formula is C50H54N3P. The van der Waals surface area contributed by atoms with Crippen LogP contribution in [-0.2, 0) is 0 Å². The predicted molar refractivity (Wildman–Crippen MR) is 242 cm³/mol. The summed E-state index contributed by atoms with van der Waals surface area (Å²) in [5.74, 6) is 0. The lowest BCUT2D eigenvalue weighted by atomic mass is 9.87. The Bertz CT molecular complexity index is 2240. The predicted octanol–water partition coefficient (Wildman–Crippen LogP) is 11.6. The van der Waals surface area contributed by atoms with E-state index in [0.717, 1.165) is 39.3 Å². The van der Waals surface area contributed by atoms with Crippen LogP contribution in [0.1, 0.15) is 41.5 Å². The summed E-state index contributed by atoms with van der Waals surface area (Å²) in [7, 11) is -0.943. The van der Waals surface area contributed by atoms with Gasteiger partial charge in [-0.25, -0.2) is 0 Å². The molecule has 3 nitrogen and oxygen atoms in total. The van der Waals surface area contributed by atoms with Gasteiger partial charge in [0.05, 0.1) is 0 Å². The minimum absolute atomic E-state index is 0.943. The van der Waals surface area contributed by atoms with E-state index in [2.05, 4.69) is 202 Å². The Kier molecular flexibility index (Phi) is 11.7. The first-order valence-corrected chi connectivity index (χ1v) is 21.3. The van der Waals surface area contributed by atoms with Crippen LogP contribution in [0.25, 0.3) is 43.8 Å². The van der Waals surface area contributed by atoms with Gasteiger partial charge in [0.2, 0.25) is 0 Å². The Hall–Kier alpha value is -5.11. The van der Waals surface area contributed by atoms with Gasteiger partial charge in [0, 0.05) is 56.3 Å². The molecule has 0 spiro atoms. The van der Waals surface area contributed by atoms with Crippen LogP contribution in [0, 0.1) is 0 Å². The van der Waals surface area contributed by atoms with Gasteiger partial charge < -0.3 is 14.7 Å². The summed E-state index contributed by atoms with van der Waals surface area (Å²) in [6.07, 6.45) is 0. The average Bonchev–Trinajstić information content (AvgIpc) is 3.23. The molecule has 0 bridgehead atoms. The standard InChI is InChI=1S/C50H54N3P/c1-7-51(8-2)40-25-21-39(22-26-40)47-35-23-37-17-13-15-19-45(37)49(47)50-46-20-16-14-18-38(46)24-36-48(50)54(43-31-27-41(28-32-43)52(9-3)10-4)44-33-29-42(30-34-44)53(11-5)12-6/h13-36H,7-12H2,1-6H3. The second-order valence-electron chi connectivity index (χ2n) is 13.8. The molecule has 0 saturated carbocycles. The van der Waals surface area contributed by atoms with Gasteiger partial charge in [-0.1, -0.05) is 109 Å². The molecule has 7 rings (SSSR count). The normalized spacial score (nSPS) is 11.4. The lowest BCUT2D eigenvalue weighted by molar-refractivity contribution is 0.866. The quantitative estimate of drug-likeness (QED) is 0.103. The van der Waals surface area contributed by atoms with E-state index >= 15 is 0 Å². The van der Waals surface area contributed by atoms with Gasteiger partial charge in [-0.15, -0.1) is 0 Å². The molecule has 0 atom stereocenters. The maximum Gasteiger partial charge on any atom is 0.0366 e. The zero-order chi connectivity index (χ0) is 37.6. The Morgan fingerprint density at radius 2 is 0.759 bits per heavy atom. The van der Waals surface area contributed by atoms with Crippen LogP contribution in [0.15, 0.2) is 146 Å². The highest BCUT2D eigenvalue weighted by molar-refractivity contribution is 7.80. The third-order valence-corrected chi connectivity index (χ3v) is 13.6. The van der Waals surface area contributed by atoms with Crippen LogP contribution in [-0.4, -0.2) is 39.3 Å². The second-order valence-corrected chi connectivity index (χ2v) is 16.0. The van der Waals surface area contributed by atoms with Crippen molar-refractivity contribution in [1.29, 1.82) is 0 Å². The fourth-order valence-electron chi connectivity index (χ4n) is 8.16. The Balaban J connectivity index is 1.53. The van der Waals surface area contributed by atoms with Gasteiger partial charge in [0.25, 0.3) is 0 Å². The first-order chi connectivity index (χ1) is 26.5. The molecule has 54 heavy (non-hydrogen) atoms. The van der Waals surface area contributed by atoms with Gasteiger partial charge in [-0.05, 0) is 146 Å².